The van der Waals surface area contributed by atoms with Crippen molar-refractivity contribution < 1.29 is 27.9 Å². The number of nitriles is 1. The number of aromatic nitrogens is 2. The molecule has 0 atom stereocenters. The van der Waals surface area contributed by atoms with Crippen LogP contribution in [0.2, 0.25) is 0 Å². The van der Waals surface area contributed by atoms with Crippen LogP contribution in [0.1, 0.15) is 55.2 Å². The molecule has 10 heteroatoms. The Morgan fingerprint density at radius 2 is 1.69 bits per heavy atom. The zero-order valence-electron chi connectivity index (χ0n) is 22.3. The Hall–Kier alpha value is -5.30. The first-order valence-electron chi connectivity index (χ1n) is 13.2. The SMILES string of the molecule is N#Cc1ccc(Oc2ccc(CC(=O)c3ccc(C(=O)N4CCC(C(=O)c5ccc(F)cc5F)CC4)nc3)cn2)cc1. The molecule has 1 saturated heterocycles. The monoisotopic (exact) mass is 566 g/mol. The second-order valence-electron chi connectivity index (χ2n) is 9.83. The van der Waals surface area contributed by atoms with Gasteiger partial charge in [-0.05, 0) is 66.9 Å². The number of hydrogen-bond acceptors (Lipinski definition) is 7. The summed E-state index contributed by atoms with van der Waals surface area (Å²) < 4.78 is 32.9. The number of pyridine rings is 2. The molecule has 0 unspecified atom stereocenters. The predicted octanol–water partition coefficient (Wildman–Crippen LogP) is 5.58. The number of ether oxygens (including phenoxy) is 1. The number of ketones is 2. The second-order valence-corrected chi connectivity index (χ2v) is 9.83. The molecule has 2 aromatic heterocycles. The summed E-state index contributed by atoms with van der Waals surface area (Å²) in [4.78, 5) is 48.4. The van der Waals surface area contributed by atoms with Crippen LogP contribution in [0.4, 0.5) is 8.78 Å². The van der Waals surface area contributed by atoms with E-state index in [-0.39, 0.29) is 42.5 Å². The maximum absolute atomic E-state index is 14.0. The summed E-state index contributed by atoms with van der Waals surface area (Å²) in [6.45, 7) is 0.580. The Morgan fingerprint density at radius 3 is 2.31 bits per heavy atom. The molecule has 2 aromatic carbocycles. The predicted molar refractivity (Wildman–Crippen MR) is 147 cm³/mol. The number of hydrogen-bond donors (Lipinski definition) is 0. The molecule has 1 aliphatic rings. The van der Waals surface area contributed by atoms with E-state index in [0.29, 0.717) is 47.2 Å². The van der Waals surface area contributed by atoms with Crippen LogP contribution in [0, 0.1) is 28.9 Å². The molecule has 1 fully saturated rings. The van der Waals surface area contributed by atoms with E-state index in [9.17, 15) is 23.2 Å². The first-order chi connectivity index (χ1) is 20.3. The van der Waals surface area contributed by atoms with E-state index in [1.54, 1.807) is 53.6 Å². The zero-order valence-corrected chi connectivity index (χ0v) is 22.3. The van der Waals surface area contributed by atoms with Gasteiger partial charge in [-0.1, -0.05) is 6.07 Å². The molecule has 42 heavy (non-hydrogen) atoms. The topological polar surface area (TPSA) is 113 Å². The number of Topliss-reactive ketones (excluding diaryl/α,β-unsaturated/α-hetero) is 2. The van der Waals surface area contributed by atoms with Gasteiger partial charge < -0.3 is 9.64 Å². The van der Waals surface area contributed by atoms with E-state index in [1.165, 1.54) is 12.3 Å². The molecule has 8 nitrogen and oxygen atoms in total. The van der Waals surface area contributed by atoms with Crippen LogP contribution < -0.4 is 4.74 Å². The number of amides is 1. The fourth-order valence-corrected chi connectivity index (χ4v) is 4.68. The van der Waals surface area contributed by atoms with E-state index >= 15 is 0 Å². The molecule has 0 bridgehead atoms. The van der Waals surface area contributed by atoms with Gasteiger partial charge in [-0.25, -0.2) is 13.8 Å². The van der Waals surface area contributed by atoms with Crippen LogP contribution in [0.15, 0.2) is 79.1 Å². The van der Waals surface area contributed by atoms with Gasteiger partial charge in [0, 0.05) is 55.5 Å². The van der Waals surface area contributed by atoms with Crippen molar-refractivity contribution in [3.63, 3.8) is 0 Å². The number of rotatable bonds is 8. The molecule has 0 N–H and O–H groups in total. The molecule has 1 aliphatic heterocycles. The normalized spacial score (nSPS) is 13.3. The fraction of sp³-hybridized carbons (Fsp3) is 0.188. The van der Waals surface area contributed by atoms with Crippen LogP contribution in [0.3, 0.4) is 0 Å². The quantitative estimate of drug-likeness (QED) is 0.256. The van der Waals surface area contributed by atoms with Gasteiger partial charge in [-0.15, -0.1) is 0 Å². The van der Waals surface area contributed by atoms with E-state index in [1.807, 2.05) is 6.07 Å². The van der Waals surface area contributed by atoms with Crippen molar-refractivity contribution in [2.45, 2.75) is 19.3 Å². The zero-order chi connectivity index (χ0) is 29.6. The molecule has 1 amide bonds. The molecular weight excluding hydrogens is 542 g/mol. The maximum Gasteiger partial charge on any atom is 0.272 e. The maximum atomic E-state index is 14.0. The molecule has 0 radical (unpaired) electrons. The van der Waals surface area contributed by atoms with Crippen molar-refractivity contribution in [1.29, 1.82) is 5.26 Å². The van der Waals surface area contributed by atoms with Gasteiger partial charge in [0.15, 0.2) is 11.6 Å². The van der Waals surface area contributed by atoms with Crippen molar-refractivity contribution in [3.05, 3.63) is 119 Å². The molecule has 0 aliphatic carbocycles. The molecular formula is C32H24F2N4O4. The van der Waals surface area contributed by atoms with Gasteiger partial charge in [0.05, 0.1) is 17.2 Å². The third-order valence-electron chi connectivity index (χ3n) is 7.02. The Labute approximate surface area is 240 Å². The minimum Gasteiger partial charge on any atom is -0.439 e. The van der Waals surface area contributed by atoms with Gasteiger partial charge in [0.2, 0.25) is 5.88 Å². The molecule has 0 spiro atoms. The molecule has 4 aromatic rings. The number of likely N-dealkylation sites (tertiary alicyclic amines) is 1. The fourth-order valence-electron chi connectivity index (χ4n) is 4.68. The van der Waals surface area contributed by atoms with Crippen LogP contribution in [-0.4, -0.2) is 45.4 Å². The lowest BCUT2D eigenvalue weighted by molar-refractivity contribution is 0.0644. The Morgan fingerprint density at radius 1 is 0.929 bits per heavy atom. The van der Waals surface area contributed by atoms with Crippen LogP contribution >= 0.6 is 0 Å². The largest absolute Gasteiger partial charge is 0.439 e. The minimum atomic E-state index is -0.890. The lowest BCUT2D eigenvalue weighted by Gasteiger charge is -2.31. The van der Waals surface area contributed by atoms with Crippen molar-refractivity contribution >= 4 is 17.5 Å². The minimum absolute atomic E-state index is 0.0787. The number of carbonyl (C=O) groups excluding carboxylic acids is 3. The highest BCUT2D eigenvalue weighted by Gasteiger charge is 2.30. The smallest absolute Gasteiger partial charge is 0.272 e. The summed E-state index contributed by atoms with van der Waals surface area (Å²) in [6, 6.07) is 18.0. The highest BCUT2D eigenvalue weighted by molar-refractivity contribution is 5.99. The summed E-state index contributed by atoms with van der Waals surface area (Å²) in [5.74, 6) is -2.15. The van der Waals surface area contributed by atoms with Gasteiger partial charge in [0.1, 0.15) is 23.1 Å². The summed E-state index contributed by atoms with van der Waals surface area (Å²) in [5.41, 5.74) is 1.56. The molecule has 5 rings (SSSR count). The highest BCUT2D eigenvalue weighted by Crippen LogP contribution is 2.25. The highest BCUT2D eigenvalue weighted by atomic mass is 19.1. The van der Waals surface area contributed by atoms with Gasteiger partial charge in [0.25, 0.3) is 5.91 Å². The number of carbonyl (C=O) groups is 3. The standard InChI is InChI=1S/C32H24F2N4O4/c33-24-5-8-26(27(34)16-24)31(40)22-11-13-38(14-12-22)32(41)28-9-4-23(19-36-28)29(39)15-21-3-10-30(37-18-21)42-25-6-1-20(17-35)2-7-25/h1-10,16,18-19,22H,11-15H2. The average molecular weight is 567 g/mol. The number of halogens is 2. The number of nitrogens with zero attached hydrogens (tertiary/aromatic N) is 4. The molecule has 0 saturated carbocycles. The Balaban J connectivity index is 1.13. The van der Waals surface area contributed by atoms with Crippen molar-refractivity contribution in [1.82, 2.24) is 14.9 Å². The Bertz CT molecular complexity index is 1660. The van der Waals surface area contributed by atoms with Crippen LogP contribution in [0.5, 0.6) is 11.6 Å². The van der Waals surface area contributed by atoms with Gasteiger partial charge >= 0.3 is 0 Å². The molecule has 3 heterocycles. The van der Waals surface area contributed by atoms with E-state index in [2.05, 4.69) is 9.97 Å². The van der Waals surface area contributed by atoms with E-state index in [0.717, 1.165) is 12.1 Å². The van der Waals surface area contributed by atoms with Crippen molar-refractivity contribution in [3.8, 4) is 17.7 Å². The van der Waals surface area contributed by atoms with Gasteiger partial charge in [-0.3, -0.25) is 19.4 Å². The third-order valence-corrected chi connectivity index (χ3v) is 7.02. The van der Waals surface area contributed by atoms with E-state index in [4.69, 9.17) is 10.00 Å². The molecule has 210 valence electrons. The third kappa shape index (κ3) is 6.53. The Kier molecular flexibility index (Phi) is 8.39. The van der Waals surface area contributed by atoms with Gasteiger partial charge in [-0.2, -0.15) is 5.26 Å². The van der Waals surface area contributed by atoms with Crippen LogP contribution in [-0.2, 0) is 6.42 Å². The lowest BCUT2D eigenvalue weighted by atomic mass is 9.88. The average Bonchev–Trinajstić information content (AvgIpc) is 3.02. The lowest BCUT2D eigenvalue weighted by Crippen LogP contribution is -2.40. The van der Waals surface area contributed by atoms with Crippen LogP contribution in [0.25, 0.3) is 0 Å². The first-order valence-corrected chi connectivity index (χ1v) is 13.2. The van der Waals surface area contributed by atoms with Crippen molar-refractivity contribution in [2.24, 2.45) is 5.92 Å². The van der Waals surface area contributed by atoms with E-state index < -0.39 is 23.3 Å². The first kappa shape index (κ1) is 28.2. The number of benzene rings is 2. The summed E-state index contributed by atoms with van der Waals surface area (Å²) >= 11 is 0. The summed E-state index contributed by atoms with van der Waals surface area (Å²) in [6.07, 6.45) is 3.68. The van der Waals surface area contributed by atoms with Crippen molar-refractivity contribution in [2.75, 3.05) is 13.1 Å². The number of piperidine rings is 1. The summed E-state index contributed by atoms with van der Waals surface area (Å²) in [7, 11) is 0. The summed E-state index contributed by atoms with van der Waals surface area (Å²) in [5, 5.41) is 8.88. The second kappa shape index (κ2) is 12.5.